The van der Waals surface area contributed by atoms with Gasteiger partial charge in [0.15, 0.2) is 0 Å². The van der Waals surface area contributed by atoms with E-state index < -0.39 is 0 Å². The molecule has 0 aliphatic rings. The Morgan fingerprint density at radius 1 is 1.14 bits per heavy atom. The van der Waals surface area contributed by atoms with Gasteiger partial charge in [0.1, 0.15) is 18.1 Å². The van der Waals surface area contributed by atoms with Gasteiger partial charge in [-0.15, -0.1) is 0 Å². The van der Waals surface area contributed by atoms with E-state index in [0.29, 0.717) is 17.9 Å². The van der Waals surface area contributed by atoms with E-state index in [1.54, 1.807) is 24.4 Å². The first kappa shape index (κ1) is 21.3. The van der Waals surface area contributed by atoms with Crippen molar-refractivity contribution < 1.29 is 14.3 Å². The fourth-order valence-corrected chi connectivity index (χ4v) is 3.24. The molecule has 0 radical (unpaired) electrons. The summed E-state index contributed by atoms with van der Waals surface area (Å²) in [6, 6.07) is 20.9. The lowest BCUT2D eigenvalue weighted by Crippen LogP contribution is -2.18. The third-order valence-corrected chi connectivity index (χ3v) is 5.18. The van der Waals surface area contributed by atoms with E-state index in [-0.39, 0.29) is 5.91 Å². The highest BCUT2D eigenvalue weighted by molar-refractivity contribution is 14.1. The summed E-state index contributed by atoms with van der Waals surface area (Å²) in [6.45, 7) is 0.483. The first-order chi connectivity index (χ1) is 14.0. The lowest BCUT2D eigenvalue weighted by Gasteiger charge is -2.08. The second-order valence-corrected chi connectivity index (χ2v) is 8.19. The molecular weight excluding hydrogens is 547 g/mol. The molecule has 0 fully saturated rings. The Morgan fingerprint density at radius 3 is 2.69 bits per heavy atom. The maximum absolute atomic E-state index is 12.4. The van der Waals surface area contributed by atoms with E-state index in [2.05, 4.69) is 49.0 Å². The van der Waals surface area contributed by atoms with E-state index in [9.17, 15) is 4.79 Å². The number of hydrogen-bond donors (Lipinski definition) is 1. The fourth-order valence-electron chi connectivity index (χ4n) is 2.52. The number of nitrogens with one attached hydrogen (secondary N) is 1. The van der Waals surface area contributed by atoms with Crippen LogP contribution in [0, 0.1) is 3.57 Å². The van der Waals surface area contributed by atoms with Crippen LogP contribution >= 0.6 is 38.5 Å². The number of halogens is 2. The van der Waals surface area contributed by atoms with Crippen LogP contribution in [0.15, 0.2) is 76.3 Å². The highest BCUT2D eigenvalue weighted by atomic mass is 127. The lowest BCUT2D eigenvalue weighted by molar-refractivity contribution is 0.0952. The maximum Gasteiger partial charge on any atom is 0.275 e. The quantitative estimate of drug-likeness (QED) is 0.237. The van der Waals surface area contributed by atoms with Gasteiger partial charge in [-0.1, -0.05) is 40.2 Å². The van der Waals surface area contributed by atoms with Crippen molar-refractivity contribution in [3.05, 3.63) is 91.5 Å². The molecule has 0 bridgehead atoms. The molecule has 0 spiro atoms. The summed E-state index contributed by atoms with van der Waals surface area (Å²) >= 11 is 5.63. The molecule has 3 aromatic carbocycles. The van der Waals surface area contributed by atoms with Gasteiger partial charge in [0.2, 0.25) is 0 Å². The molecule has 5 nitrogen and oxygen atoms in total. The van der Waals surface area contributed by atoms with E-state index in [1.165, 1.54) is 10.7 Å². The number of nitrogens with zero attached hydrogens (tertiary/aromatic N) is 1. The summed E-state index contributed by atoms with van der Waals surface area (Å²) in [5.74, 6) is 0.852. The Bertz CT molecular complexity index is 1020. The SMILES string of the molecule is COc1ccc(Br)cc1C(=O)N/N=C\c1cccc(OCc2ccc(I)cc2)c1. The average molecular weight is 565 g/mol. The van der Waals surface area contributed by atoms with Crippen molar-refractivity contribution in [2.75, 3.05) is 7.11 Å². The van der Waals surface area contributed by atoms with Gasteiger partial charge in [0.05, 0.1) is 18.9 Å². The topological polar surface area (TPSA) is 59.9 Å². The first-order valence-corrected chi connectivity index (χ1v) is 10.6. The number of carbonyl (C=O) groups excluding carboxylic acids is 1. The summed E-state index contributed by atoms with van der Waals surface area (Å²) in [4.78, 5) is 12.4. The largest absolute Gasteiger partial charge is 0.496 e. The Morgan fingerprint density at radius 2 is 1.93 bits per heavy atom. The van der Waals surface area contributed by atoms with Crippen molar-refractivity contribution >= 4 is 50.6 Å². The van der Waals surface area contributed by atoms with Gasteiger partial charge in [-0.25, -0.2) is 5.43 Å². The number of amides is 1. The summed E-state index contributed by atoms with van der Waals surface area (Å²) in [6.07, 6.45) is 1.57. The van der Waals surface area contributed by atoms with Gasteiger partial charge in [0.25, 0.3) is 5.91 Å². The van der Waals surface area contributed by atoms with Crippen LogP contribution in [0.2, 0.25) is 0 Å². The summed E-state index contributed by atoms with van der Waals surface area (Å²) < 4.78 is 13.0. The molecule has 3 aromatic rings. The Hall–Kier alpha value is -2.39. The molecule has 148 valence electrons. The van der Waals surface area contributed by atoms with Crippen molar-refractivity contribution in [3.63, 3.8) is 0 Å². The molecule has 0 aromatic heterocycles. The number of ether oxygens (including phenoxy) is 2. The van der Waals surface area contributed by atoms with Gasteiger partial charge in [-0.2, -0.15) is 5.10 Å². The molecule has 0 aliphatic carbocycles. The van der Waals surface area contributed by atoms with Crippen molar-refractivity contribution in [2.45, 2.75) is 6.61 Å². The van der Waals surface area contributed by atoms with Crippen LogP contribution in [0.4, 0.5) is 0 Å². The molecule has 0 unspecified atom stereocenters. The third kappa shape index (κ3) is 6.30. The number of hydrazone groups is 1. The molecule has 0 saturated heterocycles. The molecule has 0 saturated carbocycles. The molecule has 7 heteroatoms. The van der Waals surface area contributed by atoms with Gasteiger partial charge in [-0.05, 0) is 76.2 Å². The minimum absolute atomic E-state index is 0.356. The Kier molecular flexibility index (Phi) is 7.65. The van der Waals surface area contributed by atoms with Crippen LogP contribution in [-0.4, -0.2) is 19.2 Å². The molecule has 1 amide bonds. The number of hydrogen-bond acceptors (Lipinski definition) is 4. The van der Waals surface area contributed by atoms with Gasteiger partial charge >= 0.3 is 0 Å². The zero-order chi connectivity index (χ0) is 20.6. The predicted octanol–water partition coefficient (Wildman–Crippen LogP) is 5.41. The monoisotopic (exact) mass is 564 g/mol. The number of carbonyl (C=O) groups is 1. The predicted molar refractivity (Wildman–Crippen MR) is 126 cm³/mol. The van der Waals surface area contributed by atoms with Crippen LogP contribution in [0.5, 0.6) is 11.5 Å². The van der Waals surface area contributed by atoms with Gasteiger partial charge < -0.3 is 9.47 Å². The van der Waals surface area contributed by atoms with Crippen LogP contribution in [0.3, 0.4) is 0 Å². The zero-order valence-electron chi connectivity index (χ0n) is 15.6. The average Bonchev–Trinajstić information content (AvgIpc) is 2.73. The molecule has 0 heterocycles. The van der Waals surface area contributed by atoms with E-state index in [1.807, 2.05) is 48.5 Å². The van der Waals surface area contributed by atoms with Crippen molar-refractivity contribution in [2.24, 2.45) is 5.10 Å². The first-order valence-electron chi connectivity index (χ1n) is 8.69. The highest BCUT2D eigenvalue weighted by Crippen LogP contribution is 2.22. The zero-order valence-corrected chi connectivity index (χ0v) is 19.3. The minimum atomic E-state index is -0.356. The molecule has 0 atom stereocenters. The highest BCUT2D eigenvalue weighted by Gasteiger charge is 2.11. The van der Waals surface area contributed by atoms with Crippen molar-refractivity contribution in [1.82, 2.24) is 5.43 Å². The Balaban J connectivity index is 1.61. The number of methoxy groups -OCH3 is 1. The van der Waals surface area contributed by atoms with Crippen LogP contribution in [0.1, 0.15) is 21.5 Å². The Labute approximate surface area is 191 Å². The summed E-state index contributed by atoms with van der Waals surface area (Å²) in [5.41, 5.74) is 4.83. The molecule has 0 aliphatic heterocycles. The number of benzene rings is 3. The van der Waals surface area contributed by atoms with Gasteiger partial charge in [0, 0.05) is 8.04 Å². The van der Waals surface area contributed by atoms with E-state index in [4.69, 9.17) is 9.47 Å². The molecule has 29 heavy (non-hydrogen) atoms. The number of rotatable bonds is 7. The lowest BCUT2D eigenvalue weighted by atomic mass is 10.2. The van der Waals surface area contributed by atoms with E-state index >= 15 is 0 Å². The second kappa shape index (κ2) is 10.4. The molecular formula is C22H18BrIN2O3. The fraction of sp³-hybridized carbons (Fsp3) is 0.0909. The van der Waals surface area contributed by atoms with Crippen LogP contribution < -0.4 is 14.9 Å². The second-order valence-electron chi connectivity index (χ2n) is 6.03. The van der Waals surface area contributed by atoms with Crippen LogP contribution in [-0.2, 0) is 6.61 Å². The third-order valence-electron chi connectivity index (χ3n) is 3.96. The standard InChI is InChI=1S/C22H18BrIN2O3/c1-28-21-10-7-17(23)12-20(21)22(27)26-25-13-16-3-2-4-19(11-16)29-14-15-5-8-18(24)9-6-15/h2-13H,14H2,1H3,(H,26,27)/b25-13-. The summed E-state index contributed by atoms with van der Waals surface area (Å²) in [5, 5.41) is 4.04. The molecule has 1 N–H and O–H groups in total. The van der Waals surface area contributed by atoms with Crippen molar-refractivity contribution in [3.8, 4) is 11.5 Å². The van der Waals surface area contributed by atoms with Crippen LogP contribution in [0.25, 0.3) is 0 Å². The minimum Gasteiger partial charge on any atom is -0.496 e. The van der Waals surface area contributed by atoms with Crippen molar-refractivity contribution in [1.29, 1.82) is 0 Å². The maximum atomic E-state index is 12.4. The molecule has 3 rings (SSSR count). The summed E-state index contributed by atoms with van der Waals surface area (Å²) in [7, 11) is 1.52. The normalized spacial score (nSPS) is 10.7. The van der Waals surface area contributed by atoms with Gasteiger partial charge in [-0.3, -0.25) is 4.79 Å². The van der Waals surface area contributed by atoms with E-state index in [0.717, 1.165) is 21.3 Å². The smallest absolute Gasteiger partial charge is 0.275 e.